The van der Waals surface area contributed by atoms with Crippen LogP contribution in [0.3, 0.4) is 0 Å². The monoisotopic (exact) mass is 388 g/mol. The molecule has 1 aromatic rings. The molecule has 4 nitrogen and oxygen atoms in total. The second kappa shape index (κ2) is 7.50. The molecule has 2 saturated carbocycles. The third-order valence-corrected chi connectivity index (χ3v) is 8.42. The van der Waals surface area contributed by atoms with Gasteiger partial charge in [0.2, 0.25) is 11.8 Å². The summed E-state index contributed by atoms with van der Waals surface area (Å²) < 4.78 is 0. The van der Waals surface area contributed by atoms with Crippen LogP contribution < -0.4 is 10.6 Å². The Hall–Kier alpha value is -1.49. The molecule has 2 aliphatic carbocycles. The lowest BCUT2D eigenvalue weighted by Crippen LogP contribution is -2.49. The minimum absolute atomic E-state index is 0.0534. The van der Waals surface area contributed by atoms with Crippen molar-refractivity contribution in [2.75, 3.05) is 11.1 Å². The number of thioether (sulfide) groups is 1. The number of carbonyl (C=O) groups is 2. The number of anilines is 1. The summed E-state index contributed by atoms with van der Waals surface area (Å²) in [5, 5.41) is 5.94. The number of hydrogen-bond donors (Lipinski definition) is 2. The second-order valence-corrected chi connectivity index (χ2v) is 10.4. The first-order valence-electron chi connectivity index (χ1n) is 9.92. The minimum atomic E-state index is -0.236. The van der Waals surface area contributed by atoms with E-state index in [-0.39, 0.29) is 39.7 Å². The van der Waals surface area contributed by atoms with Gasteiger partial charge in [-0.2, -0.15) is 0 Å². The van der Waals surface area contributed by atoms with Crippen LogP contribution in [0.4, 0.5) is 5.69 Å². The number of aryl methyl sites for hydroxylation is 1. The van der Waals surface area contributed by atoms with Crippen LogP contribution in [-0.2, 0) is 9.59 Å². The molecule has 5 heteroatoms. The topological polar surface area (TPSA) is 58.2 Å². The fraction of sp³-hybridized carbons (Fsp3) is 0.636. The van der Waals surface area contributed by atoms with E-state index < -0.39 is 0 Å². The summed E-state index contributed by atoms with van der Waals surface area (Å²) >= 11 is 1.39. The largest absolute Gasteiger partial charge is 0.352 e. The summed E-state index contributed by atoms with van der Waals surface area (Å²) in [7, 11) is 0. The molecule has 3 rings (SSSR count). The lowest BCUT2D eigenvalue weighted by atomic mass is 9.69. The summed E-state index contributed by atoms with van der Waals surface area (Å²) in [4.78, 5) is 24.8. The molecular formula is C22H32N2O2S. The van der Waals surface area contributed by atoms with Crippen LogP contribution in [0.15, 0.2) is 24.3 Å². The molecule has 2 bridgehead atoms. The highest BCUT2D eigenvalue weighted by atomic mass is 32.2. The molecule has 2 amide bonds. The predicted molar refractivity (Wildman–Crippen MR) is 113 cm³/mol. The van der Waals surface area contributed by atoms with Gasteiger partial charge in [0.05, 0.1) is 11.0 Å². The highest BCUT2D eigenvalue weighted by Gasteiger charge is 2.61. The van der Waals surface area contributed by atoms with Gasteiger partial charge in [-0.15, -0.1) is 11.8 Å². The van der Waals surface area contributed by atoms with Crippen molar-refractivity contribution in [2.24, 2.45) is 16.7 Å². The van der Waals surface area contributed by atoms with Crippen molar-refractivity contribution >= 4 is 29.3 Å². The summed E-state index contributed by atoms with van der Waals surface area (Å²) in [6.45, 7) is 10.9. The molecule has 27 heavy (non-hydrogen) atoms. The molecule has 0 heterocycles. The van der Waals surface area contributed by atoms with E-state index in [0.29, 0.717) is 5.92 Å². The molecule has 2 fully saturated rings. The zero-order valence-corrected chi connectivity index (χ0v) is 17.9. The number of nitrogens with one attached hydrogen (secondary N) is 2. The van der Waals surface area contributed by atoms with Gasteiger partial charge in [-0.05, 0) is 62.0 Å². The van der Waals surface area contributed by atoms with Crippen LogP contribution in [-0.4, -0.2) is 28.9 Å². The Balaban J connectivity index is 1.47. The van der Waals surface area contributed by atoms with E-state index in [2.05, 4.69) is 31.4 Å². The van der Waals surface area contributed by atoms with Crippen molar-refractivity contribution in [1.29, 1.82) is 0 Å². The highest BCUT2D eigenvalue weighted by molar-refractivity contribution is 8.01. The zero-order chi connectivity index (χ0) is 19.8. The predicted octanol–water partition coefficient (Wildman–Crippen LogP) is 4.39. The molecule has 2 N–H and O–H groups in total. The summed E-state index contributed by atoms with van der Waals surface area (Å²) in [5.41, 5.74) is 2.42. The second-order valence-electron chi connectivity index (χ2n) is 9.04. The van der Waals surface area contributed by atoms with Crippen LogP contribution in [0.25, 0.3) is 0 Å². The van der Waals surface area contributed by atoms with Crippen LogP contribution >= 0.6 is 11.8 Å². The molecule has 2 aliphatic rings. The van der Waals surface area contributed by atoms with Crippen LogP contribution in [0.2, 0.25) is 0 Å². The molecule has 148 valence electrons. The number of amides is 2. The van der Waals surface area contributed by atoms with Crippen molar-refractivity contribution < 1.29 is 9.59 Å². The van der Waals surface area contributed by atoms with Gasteiger partial charge in [0.15, 0.2) is 0 Å². The van der Waals surface area contributed by atoms with E-state index >= 15 is 0 Å². The summed E-state index contributed by atoms with van der Waals surface area (Å²) in [5.74, 6) is 0.962. The van der Waals surface area contributed by atoms with Gasteiger partial charge in [-0.3, -0.25) is 9.59 Å². The zero-order valence-electron chi connectivity index (χ0n) is 17.1. The van der Waals surface area contributed by atoms with Crippen molar-refractivity contribution in [3.8, 4) is 0 Å². The number of carbonyl (C=O) groups excluding carboxylic acids is 2. The molecule has 0 radical (unpaired) electrons. The van der Waals surface area contributed by atoms with Crippen molar-refractivity contribution in [3.63, 3.8) is 0 Å². The van der Waals surface area contributed by atoms with E-state index in [9.17, 15) is 9.59 Å². The van der Waals surface area contributed by atoms with Crippen LogP contribution in [0, 0.1) is 23.7 Å². The molecule has 4 atom stereocenters. The van der Waals surface area contributed by atoms with E-state index in [1.165, 1.54) is 24.6 Å². The molecule has 0 aromatic heterocycles. The average Bonchev–Trinajstić information content (AvgIpc) is 2.95. The summed E-state index contributed by atoms with van der Waals surface area (Å²) in [6, 6.07) is 7.98. The van der Waals surface area contributed by atoms with Gasteiger partial charge in [0, 0.05) is 11.7 Å². The fourth-order valence-corrected chi connectivity index (χ4v) is 5.51. The van der Waals surface area contributed by atoms with Crippen molar-refractivity contribution in [2.45, 2.75) is 65.2 Å². The van der Waals surface area contributed by atoms with Crippen LogP contribution in [0.5, 0.6) is 0 Å². The van der Waals surface area contributed by atoms with E-state index in [0.717, 1.165) is 17.7 Å². The van der Waals surface area contributed by atoms with Gasteiger partial charge < -0.3 is 10.6 Å². The first-order chi connectivity index (χ1) is 12.6. The number of rotatable bonds is 6. The third-order valence-electron chi connectivity index (χ3n) is 7.28. The van der Waals surface area contributed by atoms with Gasteiger partial charge >= 0.3 is 0 Å². The van der Waals surface area contributed by atoms with Gasteiger partial charge in [0.25, 0.3) is 0 Å². The average molecular weight is 389 g/mol. The Bertz CT molecular complexity index is 716. The number of hydrogen-bond acceptors (Lipinski definition) is 3. The molecule has 0 saturated heterocycles. The Kier molecular flexibility index (Phi) is 5.62. The van der Waals surface area contributed by atoms with Crippen molar-refractivity contribution in [3.05, 3.63) is 29.8 Å². The van der Waals surface area contributed by atoms with E-state index in [1.807, 2.05) is 38.1 Å². The van der Waals surface area contributed by atoms with E-state index in [4.69, 9.17) is 0 Å². The van der Waals surface area contributed by atoms with Gasteiger partial charge in [-0.1, -0.05) is 38.5 Å². The standard InChI is InChI=1S/C22H32N2O2S/c1-14-6-8-17(9-7-14)23-19(25)13-27-15(2)20(26)24-18-12-16-10-11-22(18,5)21(16,3)4/h6-9,15-16,18H,10-13H2,1-5H3,(H,23,25)(H,24,26). The number of fused-ring (bicyclic) bond motifs is 2. The maximum absolute atomic E-state index is 12.7. The lowest BCUT2D eigenvalue weighted by molar-refractivity contribution is -0.122. The first kappa shape index (κ1) is 20.2. The quantitative estimate of drug-likeness (QED) is 0.760. The van der Waals surface area contributed by atoms with Gasteiger partial charge in [-0.25, -0.2) is 0 Å². The minimum Gasteiger partial charge on any atom is -0.352 e. The fourth-order valence-electron chi connectivity index (χ4n) is 4.82. The molecule has 0 spiro atoms. The first-order valence-corrected chi connectivity index (χ1v) is 11.0. The Labute approximate surface area is 167 Å². The maximum Gasteiger partial charge on any atom is 0.234 e. The normalized spacial score (nSPS) is 29.4. The maximum atomic E-state index is 12.7. The smallest absolute Gasteiger partial charge is 0.234 e. The Morgan fingerprint density at radius 1 is 1.22 bits per heavy atom. The lowest BCUT2D eigenvalue weighted by Gasteiger charge is -2.39. The van der Waals surface area contributed by atoms with Crippen LogP contribution in [0.1, 0.15) is 52.5 Å². The summed E-state index contributed by atoms with van der Waals surface area (Å²) in [6.07, 6.45) is 3.55. The van der Waals surface area contributed by atoms with E-state index in [1.54, 1.807) is 0 Å². The Morgan fingerprint density at radius 2 is 1.89 bits per heavy atom. The molecule has 4 unspecified atom stereocenters. The third kappa shape index (κ3) is 3.89. The molecule has 0 aliphatic heterocycles. The Morgan fingerprint density at radius 3 is 2.44 bits per heavy atom. The van der Waals surface area contributed by atoms with Gasteiger partial charge in [0.1, 0.15) is 0 Å². The highest BCUT2D eigenvalue weighted by Crippen LogP contribution is 2.65. The molecule has 1 aromatic carbocycles. The number of benzene rings is 1. The SMILES string of the molecule is Cc1ccc(NC(=O)CSC(C)C(=O)NC2CC3CCC2(C)C3(C)C)cc1. The van der Waals surface area contributed by atoms with Crippen molar-refractivity contribution in [1.82, 2.24) is 5.32 Å². The molecular weight excluding hydrogens is 356 g/mol.